The molecule has 0 saturated carbocycles. The zero-order chi connectivity index (χ0) is 11.9. The van der Waals surface area contributed by atoms with Crippen LogP contribution >= 0.6 is 12.6 Å². The maximum absolute atomic E-state index is 12.5. The molecule has 0 radical (unpaired) electrons. The van der Waals surface area contributed by atoms with Crippen molar-refractivity contribution in [3.05, 3.63) is 34.0 Å². The minimum absolute atomic E-state index is 0.552. The lowest BCUT2D eigenvalue weighted by Crippen LogP contribution is -2.39. The number of thiol groups is 1. The largest absolute Gasteiger partial charge is 0.397 e. The molecule has 1 aliphatic carbocycles. The van der Waals surface area contributed by atoms with Gasteiger partial charge in [-0.05, 0) is 6.92 Å². The summed E-state index contributed by atoms with van der Waals surface area (Å²) in [7, 11) is 0. The molecule has 0 aromatic carbocycles. The van der Waals surface area contributed by atoms with Crippen molar-refractivity contribution in [1.82, 2.24) is 0 Å². The van der Waals surface area contributed by atoms with E-state index in [2.05, 4.69) is 12.6 Å². The number of nitrogens with zero attached hydrogens (tertiary/aromatic N) is 1. The van der Waals surface area contributed by atoms with Gasteiger partial charge in [-0.25, -0.2) is 0 Å². The fourth-order valence-electron chi connectivity index (χ4n) is 1.30. The highest BCUT2D eigenvalue weighted by atomic mass is 32.1. The predicted molar refractivity (Wildman–Crippen MR) is 51.2 cm³/mol. The summed E-state index contributed by atoms with van der Waals surface area (Å²) in [6.45, 7) is 1.26. The molecule has 0 aliphatic heterocycles. The molecule has 3 nitrogen and oxygen atoms in total. The van der Waals surface area contributed by atoms with Crippen molar-refractivity contribution in [1.29, 1.82) is 0 Å². The molecule has 15 heavy (non-hydrogen) atoms. The molecule has 1 rings (SSSR count). The molecule has 0 amide bonds. The van der Waals surface area contributed by atoms with Gasteiger partial charge in [0, 0.05) is 16.9 Å². The van der Waals surface area contributed by atoms with E-state index in [-0.39, 0.29) is 0 Å². The van der Waals surface area contributed by atoms with Crippen molar-refractivity contribution >= 4 is 12.6 Å². The zero-order valence-corrected chi connectivity index (χ0v) is 8.55. The van der Waals surface area contributed by atoms with Crippen LogP contribution in [-0.4, -0.2) is 15.8 Å². The maximum Gasteiger partial charge on any atom is 0.397 e. The monoisotopic (exact) mass is 239 g/mol. The zero-order valence-electron chi connectivity index (χ0n) is 7.65. The summed E-state index contributed by atoms with van der Waals surface area (Å²) < 4.78 is 36.1. The van der Waals surface area contributed by atoms with Gasteiger partial charge in [0.2, 0.25) is 0 Å². The van der Waals surface area contributed by atoms with Gasteiger partial charge >= 0.3 is 6.18 Å². The molecular weight excluding hydrogens is 231 g/mol. The average molecular weight is 239 g/mol. The fourth-order valence-corrected chi connectivity index (χ4v) is 1.60. The standard InChI is InChI=1S/C8H8F3NO2S/c1-7(15)3-2-5(12(13)14)4-6(7)8(9,10)11/h2-4,6,15H,1H3. The van der Waals surface area contributed by atoms with Gasteiger partial charge in [0.15, 0.2) is 0 Å². The third kappa shape index (κ3) is 2.53. The SMILES string of the molecule is CC1(S)C=CC([N+](=O)[O-])=CC1C(F)(F)F. The number of halogens is 3. The first-order chi connectivity index (χ1) is 6.64. The van der Waals surface area contributed by atoms with Crippen LogP contribution in [0.4, 0.5) is 13.2 Å². The van der Waals surface area contributed by atoms with Crippen molar-refractivity contribution in [2.24, 2.45) is 5.92 Å². The van der Waals surface area contributed by atoms with Crippen molar-refractivity contribution in [2.45, 2.75) is 17.8 Å². The topological polar surface area (TPSA) is 43.1 Å². The first-order valence-electron chi connectivity index (χ1n) is 3.99. The predicted octanol–water partition coefficient (Wildman–Crippen LogP) is 2.58. The van der Waals surface area contributed by atoms with Gasteiger partial charge in [-0.3, -0.25) is 10.1 Å². The maximum atomic E-state index is 12.5. The van der Waals surface area contributed by atoms with Crippen LogP contribution in [0.3, 0.4) is 0 Å². The fraction of sp³-hybridized carbons (Fsp3) is 0.500. The molecule has 0 saturated heterocycles. The molecule has 0 aromatic heterocycles. The Hall–Kier alpha value is -0.980. The number of hydrogen-bond donors (Lipinski definition) is 1. The minimum atomic E-state index is -4.54. The molecule has 0 bridgehead atoms. The first kappa shape index (κ1) is 12.1. The first-order valence-corrected chi connectivity index (χ1v) is 4.44. The molecule has 0 spiro atoms. The second-order valence-electron chi connectivity index (χ2n) is 3.43. The summed E-state index contributed by atoms with van der Waals surface area (Å²) in [6, 6.07) is 0. The van der Waals surface area contributed by atoms with E-state index in [4.69, 9.17) is 0 Å². The van der Waals surface area contributed by atoms with Crippen LogP contribution in [0.2, 0.25) is 0 Å². The van der Waals surface area contributed by atoms with E-state index in [1.807, 2.05) is 0 Å². The van der Waals surface area contributed by atoms with E-state index in [0.29, 0.717) is 6.08 Å². The van der Waals surface area contributed by atoms with E-state index in [9.17, 15) is 23.3 Å². The minimum Gasteiger partial charge on any atom is -0.258 e. The molecule has 0 heterocycles. The number of alkyl halides is 3. The summed E-state index contributed by atoms with van der Waals surface area (Å²) in [5.74, 6) is -1.95. The number of rotatable bonds is 1. The highest BCUT2D eigenvalue weighted by Gasteiger charge is 2.49. The van der Waals surface area contributed by atoms with Crippen LogP contribution in [0.5, 0.6) is 0 Å². The van der Waals surface area contributed by atoms with Gasteiger partial charge in [0.25, 0.3) is 5.70 Å². The Morgan fingerprint density at radius 2 is 2.13 bits per heavy atom. The van der Waals surface area contributed by atoms with Gasteiger partial charge in [-0.1, -0.05) is 6.08 Å². The second kappa shape index (κ2) is 3.55. The van der Waals surface area contributed by atoms with Crippen LogP contribution in [0.1, 0.15) is 6.92 Å². The van der Waals surface area contributed by atoms with E-state index >= 15 is 0 Å². The van der Waals surface area contributed by atoms with Crippen LogP contribution in [-0.2, 0) is 0 Å². The van der Waals surface area contributed by atoms with Crippen LogP contribution < -0.4 is 0 Å². The van der Waals surface area contributed by atoms with Gasteiger partial charge < -0.3 is 0 Å². The summed E-state index contributed by atoms with van der Waals surface area (Å²) >= 11 is 3.84. The lowest BCUT2D eigenvalue weighted by molar-refractivity contribution is -0.420. The highest BCUT2D eigenvalue weighted by molar-refractivity contribution is 7.82. The lowest BCUT2D eigenvalue weighted by atomic mass is 9.87. The molecular formula is C8H8F3NO2S. The van der Waals surface area contributed by atoms with Crippen molar-refractivity contribution in [3.8, 4) is 0 Å². The van der Waals surface area contributed by atoms with Crippen LogP contribution in [0, 0.1) is 16.0 Å². The quantitative estimate of drug-likeness (QED) is 0.434. The Kier molecular flexibility index (Phi) is 2.86. The average Bonchev–Trinajstić information content (AvgIpc) is 2.00. The Morgan fingerprint density at radius 1 is 1.60 bits per heavy atom. The Bertz CT molecular complexity index is 346. The van der Waals surface area contributed by atoms with E-state index in [1.54, 1.807) is 0 Å². The van der Waals surface area contributed by atoms with Gasteiger partial charge in [-0.15, -0.1) is 0 Å². The molecule has 1 aliphatic rings. The van der Waals surface area contributed by atoms with E-state index in [1.165, 1.54) is 6.92 Å². The highest BCUT2D eigenvalue weighted by Crippen LogP contribution is 2.42. The molecule has 84 valence electrons. The Labute approximate surface area is 89.2 Å². The molecule has 7 heteroatoms. The smallest absolute Gasteiger partial charge is 0.258 e. The van der Waals surface area contributed by atoms with Crippen LogP contribution in [0.15, 0.2) is 23.9 Å². The van der Waals surface area contributed by atoms with Gasteiger partial charge in [-0.2, -0.15) is 25.8 Å². The molecule has 2 atom stereocenters. The summed E-state index contributed by atoms with van der Waals surface area (Å²) in [4.78, 5) is 9.48. The van der Waals surface area contributed by atoms with Crippen LogP contribution in [0.25, 0.3) is 0 Å². The van der Waals surface area contributed by atoms with Crippen molar-refractivity contribution in [3.63, 3.8) is 0 Å². The van der Waals surface area contributed by atoms with E-state index < -0.39 is 27.5 Å². The summed E-state index contributed by atoms with van der Waals surface area (Å²) in [6.07, 6.45) is -1.82. The third-order valence-electron chi connectivity index (χ3n) is 2.12. The van der Waals surface area contributed by atoms with Gasteiger partial charge in [0.05, 0.1) is 10.8 Å². The number of hydrogen-bond acceptors (Lipinski definition) is 3. The second-order valence-corrected chi connectivity index (χ2v) is 4.39. The summed E-state index contributed by atoms with van der Waals surface area (Å²) in [5.41, 5.74) is -0.552. The van der Waals surface area contributed by atoms with Crippen molar-refractivity contribution in [2.75, 3.05) is 0 Å². The number of nitro groups is 1. The Morgan fingerprint density at radius 3 is 2.53 bits per heavy atom. The number of allylic oxidation sites excluding steroid dienone is 2. The molecule has 2 unspecified atom stereocenters. The third-order valence-corrected chi connectivity index (χ3v) is 2.55. The molecule has 0 fully saturated rings. The molecule has 0 aromatic rings. The normalized spacial score (nSPS) is 31.3. The van der Waals surface area contributed by atoms with E-state index in [0.717, 1.165) is 12.2 Å². The Balaban J connectivity index is 3.12. The summed E-state index contributed by atoms with van der Waals surface area (Å²) in [5, 5.41) is 10.3. The lowest BCUT2D eigenvalue weighted by Gasteiger charge is -2.31. The molecule has 0 N–H and O–H groups in total. The van der Waals surface area contributed by atoms with Crippen molar-refractivity contribution < 1.29 is 18.1 Å². The van der Waals surface area contributed by atoms with Gasteiger partial charge in [0.1, 0.15) is 0 Å².